The standard InChI is InChI=1S/C45H30N4/c1-2-12-30(13-3-1)43-46-44(48-45(47-43)39-19-10-16-29-11-6-7-17-37(29)39)35-22-21-34-26-36(24-23-33(34)25-35)49-41-20-9-8-18-38(41)40-27-31-14-4-5-15-32(31)28-42(40)49/h1-28,45H,(H,46,47,48). The van der Waals surface area contributed by atoms with E-state index in [2.05, 4.69) is 162 Å². The van der Waals surface area contributed by atoms with Crippen LogP contribution in [0.5, 0.6) is 0 Å². The summed E-state index contributed by atoms with van der Waals surface area (Å²) in [7, 11) is 0. The number of hydrogen-bond donors (Lipinski definition) is 1. The molecular formula is C45H30N4. The molecule has 4 heteroatoms. The van der Waals surface area contributed by atoms with E-state index in [0.717, 1.165) is 39.4 Å². The first-order valence-electron chi connectivity index (χ1n) is 16.7. The van der Waals surface area contributed by atoms with Crippen molar-refractivity contribution in [2.75, 3.05) is 0 Å². The minimum atomic E-state index is -0.279. The van der Waals surface area contributed by atoms with Gasteiger partial charge in [-0.05, 0) is 68.7 Å². The van der Waals surface area contributed by atoms with Crippen molar-refractivity contribution in [2.45, 2.75) is 6.17 Å². The molecule has 9 aromatic rings. The highest BCUT2D eigenvalue weighted by molar-refractivity contribution is 6.15. The first kappa shape index (κ1) is 27.6. The van der Waals surface area contributed by atoms with Crippen LogP contribution in [0.3, 0.4) is 0 Å². The van der Waals surface area contributed by atoms with Gasteiger partial charge in [-0.15, -0.1) is 0 Å². The van der Waals surface area contributed by atoms with E-state index in [1.165, 1.54) is 48.7 Å². The lowest BCUT2D eigenvalue weighted by Crippen LogP contribution is -2.33. The molecule has 49 heavy (non-hydrogen) atoms. The van der Waals surface area contributed by atoms with Crippen LogP contribution in [0.1, 0.15) is 22.9 Å². The smallest absolute Gasteiger partial charge is 0.159 e. The highest BCUT2D eigenvalue weighted by atomic mass is 15.2. The van der Waals surface area contributed by atoms with Crippen LogP contribution in [-0.2, 0) is 0 Å². The van der Waals surface area contributed by atoms with Crippen LogP contribution >= 0.6 is 0 Å². The highest BCUT2D eigenvalue weighted by Crippen LogP contribution is 2.36. The van der Waals surface area contributed by atoms with E-state index in [9.17, 15) is 0 Å². The monoisotopic (exact) mass is 626 g/mol. The summed E-state index contributed by atoms with van der Waals surface area (Å²) in [5, 5.41) is 13.3. The fourth-order valence-electron chi connectivity index (χ4n) is 7.41. The number of para-hydroxylation sites is 1. The lowest BCUT2D eigenvalue weighted by molar-refractivity contribution is 0.679. The quantitative estimate of drug-likeness (QED) is 0.207. The van der Waals surface area contributed by atoms with Crippen LogP contribution in [0.15, 0.2) is 180 Å². The third kappa shape index (κ3) is 4.61. The predicted molar refractivity (Wildman–Crippen MR) is 205 cm³/mol. The highest BCUT2D eigenvalue weighted by Gasteiger charge is 2.23. The molecule has 0 aliphatic carbocycles. The Bertz CT molecular complexity index is 2800. The van der Waals surface area contributed by atoms with Gasteiger partial charge < -0.3 is 9.88 Å². The molecule has 1 aliphatic rings. The van der Waals surface area contributed by atoms with Gasteiger partial charge in [0.2, 0.25) is 0 Å². The van der Waals surface area contributed by atoms with E-state index in [0.29, 0.717) is 0 Å². The molecule has 0 amide bonds. The van der Waals surface area contributed by atoms with Crippen LogP contribution in [0, 0.1) is 0 Å². The van der Waals surface area contributed by atoms with Gasteiger partial charge in [0.15, 0.2) is 5.84 Å². The van der Waals surface area contributed by atoms with E-state index in [1.54, 1.807) is 0 Å². The van der Waals surface area contributed by atoms with Crippen molar-refractivity contribution >= 4 is 65.8 Å². The SMILES string of the molecule is c1ccc(C2=NC(c3ccc4cc(-n5c6ccccc6c6cc7ccccc7cc65)ccc4c3)=NC(c3cccc4ccccc34)N2)cc1. The van der Waals surface area contributed by atoms with Gasteiger partial charge in [-0.2, -0.15) is 0 Å². The lowest BCUT2D eigenvalue weighted by atomic mass is 10.0. The molecule has 0 saturated heterocycles. The maximum atomic E-state index is 5.22. The number of amidine groups is 2. The van der Waals surface area contributed by atoms with E-state index in [1.807, 2.05) is 18.2 Å². The molecule has 8 aromatic carbocycles. The molecule has 0 spiro atoms. The number of fused-ring (bicyclic) bond motifs is 6. The van der Waals surface area contributed by atoms with Crippen molar-refractivity contribution in [3.8, 4) is 5.69 Å². The summed E-state index contributed by atoms with van der Waals surface area (Å²) in [4.78, 5) is 10.3. The molecule has 2 heterocycles. The molecule has 1 unspecified atom stereocenters. The molecule has 1 N–H and O–H groups in total. The minimum absolute atomic E-state index is 0.279. The molecule has 4 nitrogen and oxygen atoms in total. The zero-order valence-corrected chi connectivity index (χ0v) is 26.6. The number of aromatic nitrogens is 1. The first-order valence-corrected chi connectivity index (χ1v) is 16.7. The van der Waals surface area contributed by atoms with Gasteiger partial charge in [0.05, 0.1) is 11.0 Å². The molecule has 0 radical (unpaired) electrons. The average Bonchev–Trinajstić information content (AvgIpc) is 3.49. The number of benzene rings is 8. The van der Waals surface area contributed by atoms with E-state index >= 15 is 0 Å². The maximum absolute atomic E-state index is 5.22. The second kappa shape index (κ2) is 11.0. The molecule has 1 aliphatic heterocycles. The summed E-state index contributed by atoms with van der Waals surface area (Å²) in [5.41, 5.74) is 6.70. The first-order chi connectivity index (χ1) is 24.3. The normalized spacial score (nSPS) is 14.7. The summed E-state index contributed by atoms with van der Waals surface area (Å²) in [5.74, 6) is 1.54. The van der Waals surface area contributed by atoms with Crippen molar-refractivity contribution in [1.29, 1.82) is 0 Å². The third-order valence-electron chi connectivity index (χ3n) is 9.79. The Morgan fingerprint density at radius 1 is 0.449 bits per heavy atom. The number of nitrogens with one attached hydrogen (secondary N) is 1. The van der Waals surface area contributed by atoms with E-state index in [4.69, 9.17) is 9.98 Å². The summed E-state index contributed by atoms with van der Waals surface area (Å²) in [6.45, 7) is 0. The molecule has 0 saturated carbocycles. The van der Waals surface area contributed by atoms with Gasteiger partial charge in [-0.25, -0.2) is 9.98 Å². The minimum Gasteiger partial charge on any atom is -0.344 e. The fourth-order valence-corrected chi connectivity index (χ4v) is 7.41. The third-order valence-corrected chi connectivity index (χ3v) is 9.79. The zero-order chi connectivity index (χ0) is 32.3. The van der Waals surface area contributed by atoms with Crippen molar-refractivity contribution < 1.29 is 0 Å². The van der Waals surface area contributed by atoms with Crippen molar-refractivity contribution in [3.05, 3.63) is 187 Å². The Labute approximate surface area is 283 Å². The number of hydrogen-bond acceptors (Lipinski definition) is 3. The molecule has 1 aromatic heterocycles. The van der Waals surface area contributed by atoms with Crippen LogP contribution < -0.4 is 5.32 Å². The van der Waals surface area contributed by atoms with Gasteiger partial charge in [-0.1, -0.05) is 133 Å². The van der Waals surface area contributed by atoms with Crippen LogP contribution in [0.25, 0.3) is 59.8 Å². The summed E-state index contributed by atoms with van der Waals surface area (Å²) in [6.07, 6.45) is -0.279. The summed E-state index contributed by atoms with van der Waals surface area (Å²) < 4.78 is 2.40. The Balaban J connectivity index is 1.10. The van der Waals surface area contributed by atoms with Crippen LogP contribution in [0.2, 0.25) is 0 Å². The van der Waals surface area contributed by atoms with E-state index in [-0.39, 0.29) is 6.17 Å². The maximum Gasteiger partial charge on any atom is 0.159 e. The number of nitrogens with zero attached hydrogens (tertiary/aromatic N) is 3. The van der Waals surface area contributed by atoms with Gasteiger partial charge >= 0.3 is 0 Å². The topological polar surface area (TPSA) is 41.7 Å². The molecule has 0 fully saturated rings. The van der Waals surface area contributed by atoms with Crippen LogP contribution in [-0.4, -0.2) is 16.2 Å². The molecule has 10 rings (SSSR count). The van der Waals surface area contributed by atoms with Gasteiger partial charge in [0.25, 0.3) is 0 Å². The fraction of sp³-hybridized carbons (Fsp3) is 0.0222. The van der Waals surface area contributed by atoms with E-state index < -0.39 is 0 Å². The summed E-state index contributed by atoms with van der Waals surface area (Å²) in [6, 6.07) is 60.5. The Morgan fingerprint density at radius 3 is 2.00 bits per heavy atom. The molecule has 230 valence electrons. The predicted octanol–water partition coefficient (Wildman–Crippen LogP) is 10.7. The Hall–Kier alpha value is -6.52. The number of aliphatic imine (C=N–C) groups is 2. The molecular weight excluding hydrogens is 597 g/mol. The van der Waals surface area contributed by atoms with Crippen molar-refractivity contribution in [2.24, 2.45) is 9.98 Å². The van der Waals surface area contributed by atoms with Crippen molar-refractivity contribution in [1.82, 2.24) is 9.88 Å². The van der Waals surface area contributed by atoms with Gasteiger partial charge in [0.1, 0.15) is 12.0 Å². The zero-order valence-electron chi connectivity index (χ0n) is 26.6. The van der Waals surface area contributed by atoms with Crippen LogP contribution in [0.4, 0.5) is 0 Å². The molecule has 1 atom stereocenters. The Morgan fingerprint density at radius 2 is 1.12 bits per heavy atom. The van der Waals surface area contributed by atoms with Gasteiger partial charge in [-0.3, -0.25) is 0 Å². The largest absolute Gasteiger partial charge is 0.344 e. The van der Waals surface area contributed by atoms with Gasteiger partial charge in [0, 0.05) is 33.2 Å². The molecule has 0 bridgehead atoms. The second-order valence-corrected chi connectivity index (χ2v) is 12.7. The lowest BCUT2D eigenvalue weighted by Gasteiger charge is -2.24. The Kier molecular flexibility index (Phi) is 6.21. The number of rotatable bonds is 4. The van der Waals surface area contributed by atoms with Crippen molar-refractivity contribution in [3.63, 3.8) is 0 Å². The second-order valence-electron chi connectivity index (χ2n) is 12.7. The average molecular weight is 627 g/mol. The summed E-state index contributed by atoms with van der Waals surface area (Å²) >= 11 is 0.